The number of anilines is 5. The van der Waals surface area contributed by atoms with E-state index in [0.717, 1.165) is 65.5 Å². The molecule has 12 heterocycles. The van der Waals surface area contributed by atoms with E-state index in [4.69, 9.17) is 74.0 Å². The van der Waals surface area contributed by atoms with E-state index in [1.54, 1.807) is 11.2 Å². The molecule has 0 spiro atoms. The number of nitrogens with zero attached hydrogens (tertiary/aromatic N) is 10. The average Bonchev–Trinajstić information content (AvgIpc) is 1.59. The molecule has 118 heavy (non-hydrogen) atoms. The number of rotatable bonds is 26. The fourth-order valence-corrected chi connectivity index (χ4v) is 18.8. The van der Waals surface area contributed by atoms with Gasteiger partial charge in [-0.25, -0.2) is 4.99 Å². The largest absolute Gasteiger partial charge is 0.463 e. The number of fused-ring (bicyclic) bond motifs is 6. The van der Waals surface area contributed by atoms with Crippen LogP contribution in [0, 0.1) is 11.8 Å². The Morgan fingerprint density at radius 2 is 1.02 bits per heavy atom. The summed E-state index contributed by atoms with van der Waals surface area (Å²) in [6, 6.07) is -0.167. The number of aromatic amines is 4. The van der Waals surface area contributed by atoms with Gasteiger partial charge in [-0.3, -0.25) is 77.0 Å². The van der Waals surface area contributed by atoms with Gasteiger partial charge >= 0.3 is 33.6 Å². The molecule has 6 fully saturated rings. The molecule has 0 bridgehead atoms. The van der Waals surface area contributed by atoms with E-state index in [1.165, 1.54) is 57.6 Å². The van der Waals surface area contributed by atoms with Crippen molar-refractivity contribution in [3.05, 3.63) is 96.6 Å². The van der Waals surface area contributed by atoms with Crippen molar-refractivity contribution in [1.82, 2.24) is 53.9 Å². The molecule has 8 aliphatic rings. The topological polar surface area (TPSA) is 526 Å². The first-order valence-electron chi connectivity index (χ1n) is 38.4. The number of hydrogen-bond acceptors (Lipinski definition) is 37. The van der Waals surface area contributed by atoms with E-state index >= 15 is 0 Å². The van der Waals surface area contributed by atoms with Crippen molar-refractivity contribution in [2.45, 2.75) is 240 Å². The Kier molecular flexibility index (Phi) is 28.9. The van der Waals surface area contributed by atoms with Crippen molar-refractivity contribution in [2.75, 3.05) is 74.1 Å². The van der Waals surface area contributed by atoms with Gasteiger partial charge in [-0.1, -0.05) is 118 Å². The van der Waals surface area contributed by atoms with Crippen LogP contribution in [-0.2, 0) is 76.0 Å². The Morgan fingerprint density at radius 1 is 0.585 bits per heavy atom. The predicted molar refractivity (Wildman–Crippen MR) is 437 cm³/mol. The van der Waals surface area contributed by atoms with Gasteiger partial charge in [0, 0.05) is 73.4 Å². The van der Waals surface area contributed by atoms with Crippen molar-refractivity contribution < 1.29 is 81.1 Å². The van der Waals surface area contributed by atoms with Crippen LogP contribution < -0.4 is 59.0 Å². The average molecular weight is 1720 g/mol. The molecule has 4 saturated heterocycles. The molecule has 6 aliphatic heterocycles. The number of aliphatic hydroxyl groups excluding tert-OH is 1. The number of aromatic nitrogens is 10. The molecule has 6 aromatic rings. The first kappa shape index (κ1) is 89.6. The lowest BCUT2D eigenvalue weighted by Crippen LogP contribution is -2.41. The molecule has 11 N–H and O–H groups in total. The van der Waals surface area contributed by atoms with Crippen molar-refractivity contribution in [2.24, 2.45) is 16.8 Å². The SMILES string of the molecule is C=C1Sc2c(nc(N)[nH]c2=O)N1[C@@H]1C[C@H](CO)[C@H]2OC(C)(C)O[C@H]21.C=C[C@H]1C[C@@H](N2C(=C)Sc3c2nc(N=CN(C)C)[nH]c3=O)[C@@H]2OC(C)(C)O[C@@H]21.CCCCCCCCO[C@@H]1[C@@H](OC(C)=O)[C@H](n2c(=O)sc3c(=O)[nH]c(N)nc32)O[C@@H]1COC(C)=O.CCCCO[C@@H]1[C@@H](OC(C)=O)[C@H](n2c(=O)sc3c(=O)[nH]c(N)nc32)O[C@@H]1COC(C)=O. The normalized spacial score (nSPS) is 26.8. The summed E-state index contributed by atoms with van der Waals surface area (Å²) < 4.78 is 72.0. The number of hydrogen-bond donors (Lipinski definition) is 8. The van der Waals surface area contributed by atoms with Gasteiger partial charge in [0.2, 0.25) is 23.8 Å². The van der Waals surface area contributed by atoms with Crippen molar-refractivity contribution >= 4 is 133 Å². The second kappa shape index (κ2) is 38.0. The Hall–Kier alpha value is -9.19. The van der Waals surface area contributed by atoms with Crippen LogP contribution in [0.25, 0.3) is 20.7 Å². The number of esters is 4. The number of aliphatic imine (C=N–C) groups is 1. The highest BCUT2D eigenvalue weighted by molar-refractivity contribution is 8.04. The van der Waals surface area contributed by atoms with Gasteiger partial charge < -0.3 is 93.8 Å². The second-order valence-corrected chi connectivity index (χ2v) is 34.1. The molecule has 0 radical (unpaired) electrons. The molecule has 644 valence electrons. The minimum Gasteiger partial charge on any atom is -0.463 e. The van der Waals surface area contributed by atoms with Crippen LogP contribution >= 0.6 is 46.2 Å². The highest BCUT2D eigenvalue weighted by Crippen LogP contribution is 2.53. The van der Waals surface area contributed by atoms with Crippen LogP contribution in [0.1, 0.15) is 146 Å². The smallest absolute Gasteiger partial charge is 0.311 e. The summed E-state index contributed by atoms with van der Waals surface area (Å²) in [6.07, 6.45) is 4.55. The Balaban J connectivity index is 0.000000155. The Bertz CT molecular complexity index is 5130. The number of carbonyl (C=O) groups is 4. The Labute approximate surface area is 691 Å². The summed E-state index contributed by atoms with van der Waals surface area (Å²) in [5, 5.41) is 11.2. The van der Waals surface area contributed by atoms with Gasteiger partial charge in [0.1, 0.15) is 69.0 Å². The number of nitrogen functional groups attached to an aromatic ring is 3. The predicted octanol–water partition coefficient (Wildman–Crippen LogP) is 5.28. The fraction of sp³-hybridized carbons (Fsp3) is 0.608. The van der Waals surface area contributed by atoms with E-state index in [9.17, 15) is 53.1 Å². The lowest BCUT2D eigenvalue weighted by Gasteiger charge is -2.31. The number of thiazole rings is 2. The molecule has 0 aromatic carbocycles. The van der Waals surface area contributed by atoms with Gasteiger partial charge in [-0.2, -0.15) is 19.9 Å². The van der Waals surface area contributed by atoms with Crippen LogP contribution in [0.3, 0.4) is 0 Å². The number of H-pyrrole nitrogens is 4. The summed E-state index contributed by atoms with van der Waals surface area (Å²) >= 11 is 3.94. The molecule has 0 amide bonds. The zero-order valence-electron chi connectivity index (χ0n) is 67.4. The Morgan fingerprint density at radius 3 is 1.49 bits per heavy atom. The van der Waals surface area contributed by atoms with E-state index < -0.39 is 105 Å². The molecule has 14 rings (SSSR count). The van der Waals surface area contributed by atoms with Gasteiger partial charge in [0.25, 0.3) is 22.2 Å². The number of nitrogens with two attached hydrogens (primary N) is 3. The summed E-state index contributed by atoms with van der Waals surface area (Å²) in [7, 11) is 3.71. The zero-order chi connectivity index (χ0) is 85.7. The molecule has 2 aliphatic carbocycles. The number of thioether (sulfide) groups is 2. The monoisotopic (exact) mass is 1720 g/mol. The fourth-order valence-electron chi connectivity index (χ4n) is 15.2. The van der Waals surface area contributed by atoms with Gasteiger partial charge in [0.05, 0.1) is 40.7 Å². The van der Waals surface area contributed by atoms with E-state index in [0.29, 0.717) is 68.8 Å². The molecule has 16 atom stereocenters. The van der Waals surface area contributed by atoms with Crippen LogP contribution in [0.15, 0.2) is 79.4 Å². The lowest BCUT2D eigenvalue weighted by molar-refractivity contribution is -0.159. The van der Waals surface area contributed by atoms with Crippen molar-refractivity contribution in [3.63, 3.8) is 0 Å². The first-order valence-corrected chi connectivity index (χ1v) is 41.7. The summed E-state index contributed by atoms with van der Waals surface area (Å²) in [5.41, 5.74) is 15.4. The third-order valence-electron chi connectivity index (χ3n) is 20.0. The maximum Gasteiger partial charge on any atom is 0.311 e. The molecular formula is C74H101N17O23S4. The van der Waals surface area contributed by atoms with Gasteiger partial charge in [-0.15, -0.1) is 6.58 Å². The van der Waals surface area contributed by atoms with E-state index in [-0.39, 0.29) is 124 Å². The van der Waals surface area contributed by atoms with Crippen LogP contribution in [0.4, 0.5) is 35.4 Å². The van der Waals surface area contributed by atoms with Crippen LogP contribution in [0.2, 0.25) is 0 Å². The van der Waals surface area contributed by atoms with Crippen molar-refractivity contribution in [3.8, 4) is 0 Å². The minimum atomic E-state index is -1.16. The van der Waals surface area contributed by atoms with Crippen molar-refractivity contribution in [1.29, 1.82) is 0 Å². The third kappa shape index (κ3) is 20.1. The lowest BCUT2D eigenvalue weighted by atomic mass is 10.1. The number of unbranched alkanes of at least 4 members (excludes halogenated alkanes) is 6. The number of ether oxygens (including phenoxy) is 12. The van der Waals surface area contributed by atoms with Gasteiger partial charge in [-0.05, 0) is 53.4 Å². The maximum absolute atomic E-state index is 12.9. The molecule has 0 unspecified atom stereocenters. The third-order valence-corrected chi connectivity index (χ3v) is 23.9. The maximum atomic E-state index is 12.9. The molecule has 6 aromatic heterocycles. The number of carbonyl (C=O) groups excluding carboxylic acids is 4. The summed E-state index contributed by atoms with van der Waals surface area (Å²) in [5.74, 6) is -2.47. The highest BCUT2D eigenvalue weighted by atomic mass is 32.2. The minimum absolute atomic E-state index is 0.00107. The first-order chi connectivity index (χ1) is 55.9. The van der Waals surface area contributed by atoms with E-state index in [2.05, 4.69) is 71.5 Å². The van der Waals surface area contributed by atoms with Crippen LogP contribution in [-0.4, -0.2) is 221 Å². The second-order valence-electron chi connectivity index (χ2n) is 30.0. The number of nitrogens with one attached hydrogen (secondary N) is 4. The molecule has 44 heteroatoms. The van der Waals surface area contributed by atoms with E-state index in [1.807, 2.05) is 64.6 Å². The molecular weight excluding hydrogens is 1620 g/mol. The highest BCUT2D eigenvalue weighted by Gasteiger charge is 2.59. The van der Waals surface area contributed by atoms with Crippen LogP contribution in [0.5, 0.6) is 0 Å². The standard InChI is InChI=1S/C22H32N4O8S.C19H25N5O3S.C18H24N4O8S.C15H20N4O4S/c1-4-5-6-7-8-9-10-31-15-14(11-32-12(2)27)34-20(16(15)33-13(3)28)26-18-17(35-22(26)30)19(29)25-21(23)24-18;1-7-11-8-12(14-13(11)26-19(3,4)27-14)24-10(2)28-15-16(24)21-18(22-17(15)25)20-9-23(5)6;1-4-5-6-27-11-10(7-28-8(2)23)30-16(12(11)29-9(3)24)22-14-13(31-18(22)26)15(25)21-17(19)20-14;1-6-19(12-11(24-6)13(21)18-14(16)17-12)8-4-7(5-20)9-10(8)23-15(2,3)22-9/h14-16,20H,4-11H2,1-3H3,(H3,23,24,25,29);7,9,11-14H,1-2,8H2,3-6H3,(H,21,22,25);10-12,16H,4-7H2,1-3H3,(H3,19,20,21,25);7-10,20H,1,4-5H2,2-3H3,(H3,16,17,18,21)/t14-,15+,16-,20-;11-,12+,13+,14-;10-,11+,12-,16-;7-,8-,9-,10+/m1011/s1. The molecule has 40 nitrogen and oxygen atoms in total. The molecule has 2 saturated carbocycles. The number of aliphatic hydroxyl groups is 1. The summed E-state index contributed by atoms with van der Waals surface area (Å²) in [6.45, 7) is 29.2. The quantitative estimate of drug-likeness (QED) is 0.00855. The van der Waals surface area contributed by atoms with Gasteiger partial charge in [0.15, 0.2) is 59.2 Å². The zero-order valence-corrected chi connectivity index (χ0v) is 70.7. The summed E-state index contributed by atoms with van der Waals surface area (Å²) in [4.78, 5) is 158.